The summed E-state index contributed by atoms with van der Waals surface area (Å²) in [5.41, 5.74) is 0.640. The Kier molecular flexibility index (Phi) is 6.06. The van der Waals surface area contributed by atoms with Crippen LogP contribution in [0.1, 0.15) is 10.4 Å². The second-order valence-electron chi connectivity index (χ2n) is 4.37. The fourth-order valence-electron chi connectivity index (χ4n) is 1.93. The summed E-state index contributed by atoms with van der Waals surface area (Å²) in [7, 11) is 0. The Morgan fingerprint density at radius 2 is 2.16 bits per heavy atom. The van der Waals surface area contributed by atoms with Crippen LogP contribution in [0.4, 0.5) is 0 Å². The zero-order valence-corrected chi connectivity index (χ0v) is 13.9. The monoisotopic (exact) mass is 360 g/mol. The molecular weight excluding hydrogens is 344 g/mol. The van der Waals surface area contributed by atoms with Crippen molar-refractivity contribution in [3.8, 4) is 0 Å². The highest BCUT2D eigenvalue weighted by Crippen LogP contribution is 2.20. The molecule has 1 N–H and O–H groups in total. The van der Waals surface area contributed by atoms with Crippen LogP contribution in [0.5, 0.6) is 0 Å². The molecule has 19 heavy (non-hydrogen) atoms. The largest absolute Gasteiger partial charge is 0.351 e. The maximum atomic E-state index is 12.1. The van der Waals surface area contributed by atoms with Crippen molar-refractivity contribution in [1.29, 1.82) is 0 Å². The summed E-state index contributed by atoms with van der Waals surface area (Å²) >= 11 is 9.65. The van der Waals surface area contributed by atoms with Crippen molar-refractivity contribution in [2.24, 2.45) is 0 Å². The van der Waals surface area contributed by atoms with E-state index in [0.717, 1.165) is 29.0 Å². The van der Waals surface area contributed by atoms with Gasteiger partial charge in [-0.25, -0.2) is 0 Å². The van der Waals surface area contributed by atoms with Crippen molar-refractivity contribution >= 4 is 46.2 Å². The van der Waals surface area contributed by atoms with Crippen molar-refractivity contribution in [3.63, 3.8) is 0 Å². The number of thiol groups is 1. The molecule has 6 heteroatoms. The third-order valence-electron chi connectivity index (χ3n) is 3.01. The van der Waals surface area contributed by atoms with Crippen LogP contribution >= 0.6 is 40.3 Å². The van der Waals surface area contributed by atoms with Gasteiger partial charge in [0, 0.05) is 47.1 Å². The molecule has 1 aliphatic heterocycles. The smallest absolute Gasteiger partial charge is 0.252 e. The molecule has 1 saturated heterocycles. The summed E-state index contributed by atoms with van der Waals surface area (Å²) in [6, 6.07) is 5.48. The van der Waals surface area contributed by atoms with Crippen LogP contribution in [-0.4, -0.2) is 48.5 Å². The van der Waals surface area contributed by atoms with E-state index in [1.54, 1.807) is 6.07 Å². The molecule has 0 aliphatic carbocycles. The highest BCUT2D eigenvalue weighted by Gasteiger charge is 2.12. The van der Waals surface area contributed by atoms with E-state index in [4.69, 9.17) is 0 Å². The molecule has 0 spiro atoms. The van der Waals surface area contributed by atoms with Crippen LogP contribution in [0.2, 0.25) is 0 Å². The Morgan fingerprint density at radius 3 is 2.89 bits per heavy atom. The SMILES string of the molecule is O=C(NCCN1CCSCC1)c1cc(S)ccc1Br. The molecule has 0 unspecified atom stereocenters. The average molecular weight is 361 g/mol. The lowest BCUT2D eigenvalue weighted by molar-refractivity contribution is 0.0948. The summed E-state index contributed by atoms with van der Waals surface area (Å²) in [5, 5.41) is 2.96. The summed E-state index contributed by atoms with van der Waals surface area (Å²) in [6.07, 6.45) is 0. The van der Waals surface area contributed by atoms with Crippen molar-refractivity contribution in [3.05, 3.63) is 28.2 Å². The molecule has 1 amide bonds. The highest BCUT2D eigenvalue weighted by molar-refractivity contribution is 9.10. The van der Waals surface area contributed by atoms with Crippen LogP contribution in [0.15, 0.2) is 27.6 Å². The zero-order valence-electron chi connectivity index (χ0n) is 10.6. The van der Waals surface area contributed by atoms with Gasteiger partial charge in [-0.1, -0.05) is 0 Å². The van der Waals surface area contributed by atoms with Gasteiger partial charge in [0.15, 0.2) is 0 Å². The number of thioether (sulfide) groups is 1. The third kappa shape index (κ3) is 4.70. The molecule has 0 saturated carbocycles. The number of carbonyl (C=O) groups is 1. The number of carbonyl (C=O) groups excluding carboxylic acids is 1. The minimum atomic E-state index is -0.0471. The van der Waals surface area contributed by atoms with Crippen LogP contribution < -0.4 is 5.32 Å². The lowest BCUT2D eigenvalue weighted by atomic mass is 10.2. The van der Waals surface area contributed by atoms with Gasteiger partial charge < -0.3 is 5.32 Å². The lowest BCUT2D eigenvalue weighted by Gasteiger charge is -2.26. The fraction of sp³-hybridized carbons (Fsp3) is 0.462. The Labute approximate surface area is 132 Å². The average Bonchev–Trinajstić information content (AvgIpc) is 2.42. The predicted molar refractivity (Wildman–Crippen MR) is 87.5 cm³/mol. The van der Waals surface area contributed by atoms with E-state index in [1.165, 1.54) is 11.5 Å². The Morgan fingerprint density at radius 1 is 1.42 bits per heavy atom. The van der Waals surface area contributed by atoms with Gasteiger partial charge in [0.05, 0.1) is 5.56 Å². The molecule has 1 fully saturated rings. The molecule has 104 valence electrons. The van der Waals surface area contributed by atoms with Gasteiger partial charge in [0.2, 0.25) is 0 Å². The molecule has 0 atom stereocenters. The van der Waals surface area contributed by atoms with Gasteiger partial charge in [0.1, 0.15) is 0 Å². The Bertz CT molecular complexity index is 450. The summed E-state index contributed by atoms with van der Waals surface area (Å²) in [5.74, 6) is 2.34. The van der Waals surface area contributed by atoms with Gasteiger partial charge >= 0.3 is 0 Å². The van der Waals surface area contributed by atoms with Crippen molar-refractivity contribution in [2.75, 3.05) is 37.7 Å². The maximum Gasteiger partial charge on any atom is 0.252 e. The number of rotatable bonds is 4. The molecule has 1 aliphatic rings. The molecule has 1 heterocycles. The third-order valence-corrected chi connectivity index (χ3v) is 4.92. The van der Waals surface area contributed by atoms with E-state index in [-0.39, 0.29) is 5.91 Å². The van der Waals surface area contributed by atoms with E-state index in [9.17, 15) is 4.79 Å². The maximum absolute atomic E-state index is 12.1. The Hall–Kier alpha value is -0.170. The van der Waals surface area contributed by atoms with Crippen LogP contribution in [-0.2, 0) is 0 Å². The number of amides is 1. The molecule has 0 radical (unpaired) electrons. The molecule has 0 aromatic heterocycles. The molecule has 1 aromatic carbocycles. The first-order valence-corrected chi connectivity index (χ1v) is 8.63. The van der Waals surface area contributed by atoms with E-state index in [0.29, 0.717) is 12.1 Å². The second-order valence-corrected chi connectivity index (χ2v) is 6.97. The fourth-order valence-corrected chi connectivity index (χ4v) is 3.54. The zero-order chi connectivity index (χ0) is 13.7. The van der Waals surface area contributed by atoms with Crippen molar-refractivity contribution in [1.82, 2.24) is 10.2 Å². The number of nitrogens with zero attached hydrogens (tertiary/aromatic N) is 1. The molecule has 0 bridgehead atoms. The normalized spacial score (nSPS) is 16.3. The first-order valence-electron chi connectivity index (χ1n) is 6.23. The lowest BCUT2D eigenvalue weighted by Crippen LogP contribution is -2.39. The molecule has 1 aromatic rings. The van der Waals surface area contributed by atoms with Crippen LogP contribution in [0.3, 0.4) is 0 Å². The standard InChI is InChI=1S/C13H17BrN2OS2/c14-12-2-1-10(18)9-11(12)13(17)15-3-4-16-5-7-19-8-6-16/h1-2,9,18H,3-8H2,(H,15,17). The summed E-state index contributed by atoms with van der Waals surface area (Å²) in [4.78, 5) is 15.2. The number of nitrogens with one attached hydrogen (secondary N) is 1. The number of halogens is 1. The number of hydrogen-bond acceptors (Lipinski definition) is 4. The predicted octanol–water partition coefficient (Wildman–Crippen LogP) is 2.52. The minimum absolute atomic E-state index is 0.0471. The van der Waals surface area contributed by atoms with Crippen molar-refractivity contribution < 1.29 is 4.79 Å². The molecule has 2 rings (SSSR count). The van der Waals surface area contributed by atoms with E-state index in [1.807, 2.05) is 23.9 Å². The van der Waals surface area contributed by atoms with Crippen LogP contribution in [0.25, 0.3) is 0 Å². The Balaban J connectivity index is 1.82. The molecular formula is C13H17BrN2OS2. The van der Waals surface area contributed by atoms with Gasteiger partial charge in [-0.05, 0) is 34.1 Å². The van der Waals surface area contributed by atoms with Crippen LogP contribution in [0, 0.1) is 0 Å². The quantitative estimate of drug-likeness (QED) is 0.809. The topological polar surface area (TPSA) is 32.3 Å². The van der Waals surface area contributed by atoms with E-state index < -0.39 is 0 Å². The second kappa shape index (κ2) is 7.57. The first-order chi connectivity index (χ1) is 9.16. The first kappa shape index (κ1) is 15.2. The van der Waals surface area contributed by atoms with E-state index in [2.05, 4.69) is 38.8 Å². The molecule has 3 nitrogen and oxygen atoms in total. The number of benzene rings is 1. The summed E-state index contributed by atoms with van der Waals surface area (Å²) < 4.78 is 0.803. The van der Waals surface area contributed by atoms with Gasteiger partial charge in [-0.15, -0.1) is 12.6 Å². The van der Waals surface area contributed by atoms with Gasteiger partial charge in [0.25, 0.3) is 5.91 Å². The van der Waals surface area contributed by atoms with Gasteiger partial charge in [-0.3, -0.25) is 9.69 Å². The van der Waals surface area contributed by atoms with E-state index >= 15 is 0 Å². The summed E-state index contributed by atoms with van der Waals surface area (Å²) in [6.45, 7) is 3.85. The minimum Gasteiger partial charge on any atom is -0.351 e. The highest BCUT2D eigenvalue weighted by atomic mass is 79.9. The van der Waals surface area contributed by atoms with Crippen molar-refractivity contribution in [2.45, 2.75) is 4.90 Å². The number of hydrogen-bond donors (Lipinski definition) is 2. The van der Waals surface area contributed by atoms with Gasteiger partial charge in [-0.2, -0.15) is 11.8 Å².